The first-order chi connectivity index (χ1) is 16.5. The summed E-state index contributed by atoms with van der Waals surface area (Å²) in [4.78, 5) is 20.8. The second-order valence-electron chi connectivity index (χ2n) is 8.95. The number of hydrogen-bond donors (Lipinski definition) is 2. The number of nitrogens with one attached hydrogen (secondary N) is 2. The van der Waals surface area contributed by atoms with Gasteiger partial charge in [-0.25, -0.2) is 4.39 Å². The summed E-state index contributed by atoms with van der Waals surface area (Å²) in [5.74, 6) is -0.618. The Morgan fingerprint density at radius 1 is 0.971 bits per heavy atom. The van der Waals surface area contributed by atoms with Crippen LogP contribution in [0.4, 0.5) is 15.8 Å². The van der Waals surface area contributed by atoms with E-state index in [0.29, 0.717) is 22.6 Å². The average molecular weight is 457 g/mol. The number of carbonyl (C=O) groups is 1. The molecule has 6 heteroatoms. The summed E-state index contributed by atoms with van der Waals surface area (Å²) in [5, 5.41) is 3.39. The van der Waals surface area contributed by atoms with Crippen LogP contribution in [0, 0.1) is 12.7 Å². The Labute approximate surface area is 199 Å². The van der Waals surface area contributed by atoms with Gasteiger partial charge in [0.2, 0.25) is 0 Å². The molecule has 2 N–H and O–H groups in total. The van der Waals surface area contributed by atoms with Crippen molar-refractivity contribution >= 4 is 28.2 Å². The van der Waals surface area contributed by atoms with Crippen LogP contribution >= 0.6 is 0 Å². The van der Waals surface area contributed by atoms with Gasteiger partial charge in [-0.1, -0.05) is 42.5 Å². The maximum Gasteiger partial charge on any atom is 0.272 e. The standard InChI is InChI=1S/C28H29FN4O/c1-19-11-12-25(29)24-18-26(31-27(19)24)28(34)30-22-9-6-10-23(17-22)33-15-13-32(14-16-33)20(2)21-7-4-3-5-8-21/h3-12,17-18,20,31H,13-16H2,1-2H3,(H,30,34). The highest BCUT2D eigenvalue weighted by Gasteiger charge is 2.22. The molecule has 4 aromatic rings. The van der Waals surface area contributed by atoms with Gasteiger partial charge in [-0.3, -0.25) is 9.69 Å². The topological polar surface area (TPSA) is 51.4 Å². The van der Waals surface area contributed by atoms with Crippen molar-refractivity contribution in [3.05, 3.63) is 95.4 Å². The van der Waals surface area contributed by atoms with Crippen molar-refractivity contribution in [3.8, 4) is 0 Å². The largest absolute Gasteiger partial charge is 0.369 e. The van der Waals surface area contributed by atoms with Crippen LogP contribution in [-0.2, 0) is 0 Å². The molecule has 2 heterocycles. The lowest BCUT2D eigenvalue weighted by Gasteiger charge is -2.39. The molecular formula is C28H29FN4O. The van der Waals surface area contributed by atoms with Crippen LogP contribution in [0.25, 0.3) is 10.9 Å². The minimum atomic E-state index is -0.335. The smallest absolute Gasteiger partial charge is 0.272 e. The van der Waals surface area contributed by atoms with Crippen molar-refractivity contribution < 1.29 is 9.18 Å². The van der Waals surface area contributed by atoms with Crippen molar-refractivity contribution in [1.29, 1.82) is 0 Å². The van der Waals surface area contributed by atoms with Gasteiger partial charge in [-0.2, -0.15) is 0 Å². The van der Waals surface area contributed by atoms with Gasteiger partial charge in [0.05, 0.1) is 5.52 Å². The predicted octanol–water partition coefficient (Wildman–Crippen LogP) is 5.75. The van der Waals surface area contributed by atoms with Crippen LogP contribution in [0.3, 0.4) is 0 Å². The molecule has 0 radical (unpaired) electrons. The fourth-order valence-corrected chi connectivity index (χ4v) is 4.74. The maximum atomic E-state index is 14.1. The molecule has 0 bridgehead atoms. The van der Waals surface area contributed by atoms with Crippen molar-refractivity contribution in [3.63, 3.8) is 0 Å². The van der Waals surface area contributed by atoms with Crippen molar-refractivity contribution in [2.75, 3.05) is 36.4 Å². The number of piperazine rings is 1. The maximum absolute atomic E-state index is 14.1. The first-order valence-electron chi connectivity index (χ1n) is 11.7. The van der Waals surface area contributed by atoms with Crippen molar-refractivity contribution in [2.45, 2.75) is 19.9 Å². The van der Waals surface area contributed by atoms with Gasteiger partial charge < -0.3 is 15.2 Å². The van der Waals surface area contributed by atoms with Gasteiger partial charge in [-0.05, 0) is 55.3 Å². The zero-order chi connectivity index (χ0) is 23.7. The van der Waals surface area contributed by atoms with Gasteiger partial charge in [0.1, 0.15) is 11.5 Å². The first-order valence-corrected chi connectivity index (χ1v) is 11.7. The third kappa shape index (κ3) is 4.41. The van der Waals surface area contributed by atoms with Gasteiger partial charge in [0.15, 0.2) is 0 Å². The summed E-state index contributed by atoms with van der Waals surface area (Å²) in [6.45, 7) is 7.96. The van der Waals surface area contributed by atoms with Gasteiger partial charge >= 0.3 is 0 Å². The Morgan fingerprint density at radius 3 is 2.47 bits per heavy atom. The summed E-state index contributed by atoms with van der Waals surface area (Å²) < 4.78 is 14.1. The highest BCUT2D eigenvalue weighted by atomic mass is 19.1. The summed E-state index contributed by atoms with van der Waals surface area (Å²) in [6.07, 6.45) is 0. The number of H-pyrrole nitrogens is 1. The van der Waals surface area contributed by atoms with Gasteiger partial charge in [0, 0.05) is 49.0 Å². The molecule has 1 aliphatic rings. The van der Waals surface area contributed by atoms with E-state index in [0.717, 1.165) is 43.1 Å². The highest BCUT2D eigenvalue weighted by molar-refractivity contribution is 6.06. The molecule has 1 aliphatic heterocycles. The van der Waals surface area contributed by atoms with E-state index >= 15 is 0 Å². The van der Waals surface area contributed by atoms with Gasteiger partial charge in [0.25, 0.3) is 5.91 Å². The fourth-order valence-electron chi connectivity index (χ4n) is 4.74. The van der Waals surface area contributed by atoms with Crippen LogP contribution < -0.4 is 10.2 Å². The number of aromatic amines is 1. The van der Waals surface area contributed by atoms with Gasteiger partial charge in [-0.15, -0.1) is 0 Å². The molecule has 1 unspecified atom stereocenters. The number of nitrogens with zero attached hydrogens (tertiary/aromatic N) is 2. The predicted molar refractivity (Wildman–Crippen MR) is 136 cm³/mol. The third-order valence-corrected chi connectivity index (χ3v) is 6.81. The summed E-state index contributed by atoms with van der Waals surface area (Å²) in [7, 11) is 0. The van der Waals surface area contributed by atoms with E-state index in [1.165, 1.54) is 11.6 Å². The molecule has 0 spiro atoms. The van der Waals surface area contributed by atoms with Crippen molar-refractivity contribution in [2.24, 2.45) is 0 Å². The molecule has 1 amide bonds. The number of rotatable bonds is 5. The number of anilines is 2. The molecule has 1 fully saturated rings. The molecule has 174 valence electrons. The lowest BCUT2D eigenvalue weighted by molar-refractivity contribution is 0.102. The number of amides is 1. The second-order valence-corrected chi connectivity index (χ2v) is 8.95. The van der Waals surface area contributed by atoms with Crippen LogP contribution in [0.1, 0.15) is 34.6 Å². The van der Waals surface area contributed by atoms with Crippen LogP contribution in [-0.4, -0.2) is 42.0 Å². The zero-order valence-electron chi connectivity index (χ0n) is 19.5. The van der Waals surface area contributed by atoms with E-state index in [9.17, 15) is 9.18 Å². The molecule has 3 aromatic carbocycles. The minimum absolute atomic E-state index is 0.284. The normalized spacial score (nSPS) is 15.4. The highest BCUT2D eigenvalue weighted by Crippen LogP contribution is 2.26. The van der Waals surface area contributed by atoms with Crippen LogP contribution in [0.15, 0.2) is 72.8 Å². The van der Waals surface area contributed by atoms with E-state index in [4.69, 9.17) is 0 Å². The Hall–Kier alpha value is -3.64. The Kier molecular flexibility index (Phi) is 6.07. The lowest BCUT2D eigenvalue weighted by atomic mass is 10.1. The third-order valence-electron chi connectivity index (χ3n) is 6.81. The number of aryl methyl sites for hydroxylation is 1. The quantitative estimate of drug-likeness (QED) is 0.402. The zero-order valence-corrected chi connectivity index (χ0v) is 19.5. The molecule has 5 rings (SSSR count). The molecular weight excluding hydrogens is 427 g/mol. The number of benzene rings is 3. The number of halogens is 1. The lowest BCUT2D eigenvalue weighted by Crippen LogP contribution is -2.47. The monoisotopic (exact) mass is 456 g/mol. The molecule has 0 aliphatic carbocycles. The summed E-state index contributed by atoms with van der Waals surface area (Å²) in [5.41, 5.74) is 5.05. The molecule has 1 atom stereocenters. The molecule has 1 saturated heterocycles. The Morgan fingerprint density at radius 2 is 1.74 bits per heavy atom. The second kappa shape index (κ2) is 9.31. The fraction of sp³-hybridized carbons (Fsp3) is 0.250. The van der Waals surface area contributed by atoms with Crippen LogP contribution in [0.5, 0.6) is 0 Å². The number of aromatic nitrogens is 1. The van der Waals surface area contributed by atoms with E-state index in [1.54, 1.807) is 12.1 Å². The Balaban J connectivity index is 1.25. The average Bonchev–Trinajstić information content (AvgIpc) is 3.34. The van der Waals surface area contributed by atoms with Crippen molar-refractivity contribution in [1.82, 2.24) is 9.88 Å². The SMILES string of the molecule is Cc1ccc(F)c2cc(C(=O)Nc3cccc(N4CCN(C(C)c5ccccc5)CC4)c3)[nH]c12. The Bertz CT molecular complexity index is 1270. The first kappa shape index (κ1) is 22.2. The minimum Gasteiger partial charge on any atom is -0.369 e. The van der Waals surface area contributed by atoms with E-state index < -0.39 is 0 Å². The molecule has 1 aromatic heterocycles. The number of hydrogen-bond acceptors (Lipinski definition) is 3. The summed E-state index contributed by atoms with van der Waals surface area (Å²) >= 11 is 0. The molecule has 5 nitrogen and oxygen atoms in total. The van der Waals surface area contributed by atoms with E-state index in [1.807, 2.05) is 25.1 Å². The van der Waals surface area contributed by atoms with Crippen LogP contribution in [0.2, 0.25) is 0 Å². The number of carbonyl (C=O) groups excluding carboxylic acids is 1. The van der Waals surface area contributed by atoms with E-state index in [2.05, 4.69) is 63.4 Å². The summed E-state index contributed by atoms with van der Waals surface area (Å²) in [6, 6.07) is 23.6. The van der Waals surface area contributed by atoms with E-state index in [-0.39, 0.29) is 11.7 Å². The number of fused-ring (bicyclic) bond motifs is 1. The molecule has 0 saturated carbocycles. The molecule has 34 heavy (non-hydrogen) atoms.